The van der Waals surface area contributed by atoms with Crippen LogP contribution in [0.1, 0.15) is 33.6 Å². The van der Waals surface area contributed by atoms with Gasteiger partial charge < -0.3 is 10.4 Å². The molecule has 0 saturated heterocycles. The fraction of sp³-hybridized carbons (Fsp3) is 0.562. The van der Waals surface area contributed by atoms with Gasteiger partial charge in [0.1, 0.15) is 5.82 Å². The first-order valence-electron chi connectivity index (χ1n) is 7.12. The van der Waals surface area contributed by atoms with Gasteiger partial charge in [0.05, 0.1) is 0 Å². The Labute approximate surface area is 130 Å². The summed E-state index contributed by atoms with van der Waals surface area (Å²) in [5, 5.41) is 12.0. The fourth-order valence-corrected chi connectivity index (χ4v) is 2.82. The first kappa shape index (κ1) is 18.0. The SMILES string of the molecule is CC(C)(C)C(CCO)NC(=O)CCSc1ccccc1F. The summed E-state index contributed by atoms with van der Waals surface area (Å²) in [6.07, 6.45) is 0.868. The standard InChI is InChI=1S/C16H24FNO2S/c1-16(2,3)14(8-10-19)18-15(20)9-11-21-13-7-5-4-6-12(13)17/h4-7,14,19H,8-11H2,1-3H3,(H,18,20). The summed E-state index contributed by atoms with van der Waals surface area (Å²) in [7, 11) is 0. The third-order valence-electron chi connectivity index (χ3n) is 3.22. The zero-order chi connectivity index (χ0) is 15.9. The predicted molar refractivity (Wildman–Crippen MR) is 84.8 cm³/mol. The van der Waals surface area contributed by atoms with Crippen molar-refractivity contribution in [3.63, 3.8) is 0 Å². The average molecular weight is 313 g/mol. The van der Waals surface area contributed by atoms with Gasteiger partial charge in [0.15, 0.2) is 0 Å². The van der Waals surface area contributed by atoms with Crippen molar-refractivity contribution >= 4 is 17.7 Å². The van der Waals surface area contributed by atoms with Gasteiger partial charge in [-0.1, -0.05) is 32.9 Å². The summed E-state index contributed by atoms with van der Waals surface area (Å²) < 4.78 is 13.4. The Morgan fingerprint density at radius 3 is 2.62 bits per heavy atom. The van der Waals surface area contributed by atoms with Gasteiger partial charge in [0.2, 0.25) is 5.91 Å². The first-order valence-corrected chi connectivity index (χ1v) is 8.10. The molecule has 1 rings (SSSR count). The molecule has 1 atom stereocenters. The van der Waals surface area contributed by atoms with Gasteiger partial charge in [-0.3, -0.25) is 4.79 Å². The van der Waals surface area contributed by atoms with E-state index in [0.717, 1.165) is 0 Å². The molecule has 0 spiro atoms. The second kappa shape index (κ2) is 8.39. The van der Waals surface area contributed by atoms with Gasteiger partial charge in [0.25, 0.3) is 0 Å². The van der Waals surface area contributed by atoms with E-state index in [1.54, 1.807) is 18.2 Å². The molecule has 1 aromatic carbocycles. The van der Waals surface area contributed by atoms with Crippen molar-refractivity contribution in [2.75, 3.05) is 12.4 Å². The normalized spacial score (nSPS) is 13.0. The van der Waals surface area contributed by atoms with Crippen LogP contribution in [0.3, 0.4) is 0 Å². The van der Waals surface area contributed by atoms with Gasteiger partial charge in [-0.25, -0.2) is 4.39 Å². The fourth-order valence-electron chi connectivity index (χ4n) is 1.93. The van der Waals surface area contributed by atoms with Crippen LogP contribution in [0.25, 0.3) is 0 Å². The Morgan fingerprint density at radius 1 is 1.38 bits per heavy atom. The molecule has 0 aliphatic heterocycles. The van der Waals surface area contributed by atoms with Crippen molar-refractivity contribution in [2.24, 2.45) is 5.41 Å². The van der Waals surface area contributed by atoms with Crippen molar-refractivity contribution in [3.05, 3.63) is 30.1 Å². The maximum absolute atomic E-state index is 13.4. The van der Waals surface area contributed by atoms with Gasteiger partial charge in [0, 0.05) is 29.7 Å². The lowest BCUT2D eigenvalue weighted by Gasteiger charge is -2.31. The maximum atomic E-state index is 13.4. The number of amides is 1. The molecule has 21 heavy (non-hydrogen) atoms. The van der Waals surface area contributed by atoms with E-state index in [2.05, 4.69) is 5.32 Å². The molecule has 0 aromatic heterocycles. The number of hydrogen-bond acceptors (Lipinski definition) is 3. The molecule has 118 valence electrons. The zero-order valence-corrected chi connectivity index (χ0v) is 13.7. The smallest absolute Gasteiger partial charge is 0.221 e. The van der Waals surface area contributed by atoms with Crippen molar-refractivity contribution in [1.29, 1.82) is 0 Å². The molecular weight excluding hydrogens is 289 g/mol. The number of halogens is 1. The van der Waals surface area contributed by atoms with Gasteiger partial charge in [-0.15, -0.1) is 11.8 Å². The van der Waals surface area contributed by atoms with Gasteiger partial charge >= 0.3 is 0 Å². The number of carbonyl (C=O) groups excluding carboxylic acids is 1. The minimum Gasteiger partial charge on any atom is -0.396 e. The molecule has 0 heterocycles. The van der Waals surface area contributed by atoms with E-state index >= 15 is 0 Å². The predicted octanol–water partition coefficient (Wildman–Crippen LogP) is 3.22. The lowest BCUT2D eigenvalue weighted by atomic mass is 9.85. The molecule has 0 radical (unpaired) electrons. The highest BCUT2D eigenvalue weighted by Crippen LogP contribution is 2.23. The van der Waals surface area contributed by atoms with Crippen LogP contribution in [0.15, 0.2) is 29.2 Å². The highest BCUT2D eigenvalue weighted by Gasteiger charge is 2.25. The lowest BCUT2D eigenvalue weighted by molar-refractivity contribution is -0.122. The highest BCUT2D eigenvalue weighted by molar-refractivity contribution is 7.99. The lowest BCUT2D eigenvalue weighted by Crippen LogP contribution is -2.44. The van der Waals surface area contributed by atoms with E-state index in [4.69, 9.17) is 5.11 Å². The molecule has 1 aromatic rings. The Balaban J connectivity index is 2.41. The van der Waals surface area contributed by atoms with Crippen LogP contribution in [-0.4, -0.2) is 29.4 Å². The van der Waals surface area contributed by atoms with E-state index in [-0.39, 0.29) is 29.8 Å². The number of thioether (sulfide) groups is 1. The number of carbonyl (C=O) groups is 1. The van der Waals surface area contributed by atoms with Crippen LogP contribution in [0.4, 0.5) is 4.39 Å². The summed E-state index contributed by atoms with van der Waals surface area (Å²) in [5.41, 5.74) is -0.100. The molecule has 2 N–H and O–H groups in total. The molecule has 0 aliphatic carbocycles. The molecule has 5 heteroatoms. The third kappa shape index (κ3) is 6.48. The number of aliphatic hydroxyl groups excluding tert-OH is 1. The summed E-state index contributed by atoms with van der Waals surface area (Å²) in [5.74, 6) is 0.214. The number of aliphatic hydroxyl groups is 1. The summed E-state index contributed by atoms with van der Waals surface area (Å²) >= 11 is 1.34. The minimum absolute atomic E-state index is 0.0478. The number of benzene rings is 1. The van der Waals surface area contributed by atoms with Crippen LogP contribution in [0, 0.1) is 11.2 Å². The molecule has 1 unspecified atom stereocenters. The van der Waals surface area contributed by atoms with E-state index in [1.165, 1.54) is 17.8 Å². The molecule has 0 aliphatic rings. The van der Waals surface area contributed by atoms with Gasteiger partial charge in [-0.2, -0.15) is 0 Å². The van der Waals surface area contributed by atoms with Crippen LogP contribution in [0.5, 0.6) is 0 Å². The Morgan fingerprint density at radius 2 is 2.05 bits per heavy atom. The average Bonchev–Trinajstić information content (AvgIpc) is 2.39. The number of hydrogen-bond donors (Lipinski definition) is 2. The monoisotopic (exact) mass is 313 g/mol. The van der Waals surface area contributed by atoms with Crippen molar-refractivity contribution < 1.29 is 14.3 Å². The van der Waals surface area contributed by atoms with Crippen molar-refractivity contribution in [2.45, 2.75) is 44.6 Å². The number of nitrogens with one attached hydrogen (secondary N) is 1. The van der Waals surface area contributed by atoms with E-state index in [1.807, 2.05) is 20.8 Å². The topological polar surface area (TPSA) is 49.3 Å². The molecule has 0 bridgehead atoms. The third-order valence-corrected chi connectivity index (χ3v) is 4.27. The van der Waals surface area contributed by atoms with E-state index in [0.29, 0.717) is 23.5 Å². The first-order chi connectivity index (χ1) is 9.84. The highest BCUT2D eigenvalue weighted by atomic mass is 32.2. The molecule has 0 saturated carbocycles. The van der Waals surface area contributed by atoms with Gasteiger partial charge in [-0.05, 0) is 24.0 Å². The van der Waals surface area contributed by atoms with E-state index in [9.17, 15) is 9.18 Å². The zero-order valence-electron chi connectivity index (χ0n) is 12.9. The van der Waals surface area contributed by atoms with Crippen LogP contribution < -0.4 is 5.32 Å². The molecular formula is C16H24FNO2S. The summed E-state index contributed by atoms with van der Waals surface area (Å²) in [6, 6.07) is 6.49. The second-order valence-corrected chi connectivity index (χ2v) is 7.16. The van der Waals surface area contributed by atoms with Crippen LogP contribution in [-0.2, 0) is 4.79 Å². The second-order valence-electron chi connectivity index (χ2n) is 6.03. The van der Waals surface area contributed by atoms with Crippen molar-refractivity contribution in [3.8, 4) is 0 Å². The van der Waals surface area contributed by atoms with E-state index < -0.39 is 0 Å². The Kier molecular flexibility index (Phi) is 7.18. The van der Waals surface area contributed by atoms with Crippen LogP contribution >= 0.6 is 11.8 Å². The Hall–Kier alpha value is -1.07. The summed E-state index contributed by atoms with van der Waals surface area (Å²) in [6.45, 7) is 6.14. The minimum atomic E-state index is -0.254. The van der Waals surface area contributed by atoms with Crippen molar-refractivity contribution in [1.82, 2.24) is 5.32 Å². The molecule has 0 fully saturated rings. The molecule has 1 amide bonds. The number of rotatable bonds is 7. The Bertz CT molecular complexity index is 460. The quantitative estimate of drug-likeness (QED) is 0.760. The van der Waals surface area contributed by atoms with Crippen LogP contribution in [0.2, 0.25) is 0 Å². The molecule has 3 nitrogen and oxygen atoms in total. The summed E-state index contributed by atoms with van der Waals surface area (Å²) in [4.78, 5) is 12.5. The largest absolute Gasteiger partial charge is 0.396 e. The maximum Gasteiger partial charge on any atom is 0.221 e.